The van der Waals surface area contributed by atoms with Gasteiger partial charge in [0.1, 0.15) is 0 Å². The molecule has 0 atom stereocenters. The van der Waals surface area contributed by atoms with Crippen LogP contribution in [0.5, 0.6) is 0 Å². The first kappa shape index (κ1) is 14.8. The minimum atomic E-state index is 0.249. The van der Waals surface area contributed by atoms with E-state index in [-0.39, 0.29) is 5.92 Å². The fourth-order valence-electron chi connectivity index (χ4n) is 0.969. The van der Waals surface area contributed by atoms with Crippen molar-refractivity contribution in [3.63, 3.8) is 0 Å². The van der Waals surface area contributed by atoms with Gasteiger partial charge in [-0.3, -0.25) is 0 Å². The third kappa shape index (κ3) is 10.1. The van der Waals surface area contributed by atoms with E-state index in [1.54, 1.807) is 14.2 Å². The van der Waals surface area contributed by atoms with Gasteiger partial charge in [0.2, 0.25) is 0 Å². The second-order valence-corrected chi connectivity index (χ2v) is 3.24. The molecule has 0 radical (unpaired) electrons. The summed E-state index contributed by atoms with van der Waals surface area (Å²) >= 11 is 0. The quantitative estimate of drug-likeness (QED) is 0.493. The van der Waals surface area contributed by atoms with Crippen LogP contribution in [-0.2, 0) is 18.9 Å². The highest BCUT2D eigenvalue weighted by molar-refractivity contribution is 4.57. The highest BCUT2D eigenvalue weighted by Crippen LogP contribution is 1.96. The van der Waals surface area contributed by atoms with Gasteiger partial charge >= 0.3 is 0 Å². The molecule has 0 rings (SSSR count). The van der Waals surface area contributed by atoms with Crippen molar-refractivity contribution in [1.29, 1.82) is 0 Å². The van der Waals surface area contributed by atoms with Gasteiger partial charge in [0.15, 0.2) is 0 Å². The summed E-state index contributed by atoms with van der Waals surface area (Å²) in [5.41, 5.74) is 5.58. The van der Waals surface area contributed by atoms with E-state index in [9.17, 15) is 0 Å². The number of nitrogens with two attached hydrogens (primary N) is 1. The highest BCUT2D eigenvalue weighted by Gasteiger charge is 2.06. The molecule has 0 aromatic rings. The maximum absolute atomic E-state index is 5.58. The molecule has 0 saturated carbocycles. The lowest BCUT2D eigenvalue weighted by molar-refractivity contribution is 0.00983. The molecule has 0 saturated heterocycles. The number of hydrogen-bond acceptors (Lipinski definition) is 5. The average molecular weight is 221 g/mol. The van der Waals surface area contributed by atoms with Crippen LogP contribution in [0.25, 0.3) is 0 Å². The van der Waals surface area contributed by atoms with Gasteiger partial charge in [0, 0.05) is 20.1 Å². The number of methoxy groups -OCH3 is 2. The lowest BCUT2D eigenvalue weighted by Gasteiger charge is -2.15. The van der Waals surface area contributed by atoms with E-state index in [1.807, 2.05) is 0 Å². The van der Waals surface area contributed by atoms with Crippen molar-refractivity contribution in [2.75, 3.05) is 60.4 Å². The smallest absolute Gasteiger partial charge is 0.0700 e. The summed E-state index contributed by atoms with van der Waals surface area (Å²) in [5.74, 6) is 0.249. The zero-order valence-corrected chi connectivity index (χ0v) is 9.74. The predicted octanol–water partition coefficient (Wildman–Crippen LogP) is -0.113. The zero-order chi connectivity index (χ0) is 11.4. The van der Waals surface area contributed by atoms with Crippen LogP contribution in [0.4, 0.5) is 0 Å². The van der Waals surface area contributed by atoms with Crippen LogP contribution in [0, 0.1) is 5.92 Å². The first-order valence-corrected chi connectivity index (χ1v) is 5.18. The summed E-state index contributed by atoms with van der Waals surface area (Å²) in [5, 5.41) is 0. The van der Waals surface area contributed by atoms with Gasteiger partial charge < -0.3 is 24.7 Å². The Balaban J connectivity index is 3.29. The molecular weight excluding hydrogens is 198 g/mol. The van der Waals surface area contributed by atoms with Crippen LogP contribution in [0.15, 0.2) is 0 Å². The minimum Gasteiger partial charge on any atom is -0.382 e. The van der Waals surface area contributed by atoms with Crippen LogP contribution >= 0.6 is 0 Å². The molecule has 0 aromatic carbocycles. The fourth-order valence-corrected chi connectivity index (χ4v) is 0.969. The Kier molecular flexibility index (Phi) is 11.7. The molecule has 0 aliphatic carbocycles. The normalized spacial score (nSPS) is 11.2. The van der Waals surface area contributed by atoms with Crippen LogP contribution < -0.4 is 5.73 Å². The maximum atomic E-state index is 5.58. The average Bonchev–Trinajstić information content (AvgIpc) is 2.27. The number of ether oxygens (including phenoxy) is 4. The first-order chi connectivity index (χ1) is 7.35. The molecule has 0 bridgehead atoms. The molecule has 15 heavy (non-hydrogen) atoms. The Bertz CT molecular complexity index is 112. The van der Waals surface area contributed by atoms with Gasteiger partial charge in [0.05, 0.1) is 39.6 Å². The molecule has 0 aliphatic heterocycles. The van der Waals surface area contributed by atoms with E-state index in [4.69, 9.17) is 24.7 Å². The zero-order valence-electron chi connectivity index (χ0n) is 9.74. The molecule has 92 valence electrons. The Morgan fingerprint density at radius 2 is 1.33 bits per heavy atom. The van der Waals surface area contributed by atoms with E-state index in [0.717, 1.165) is 0 Å². The van der Waals surface area contributed by atoms with E-state index >= 15 is 0 Å². The summed E-state index contributed by atoms with van der Waals surface area (Å²) < 4.78 is 20.5. The summed E-state index contributed by atoms with van der Waals surface area (Å²) in [4.78, 5) is 0. The Hall–Kier alpha value is -0.200. The number of hydrogen-bond donors (Lipinski definition) is 1. The summed E-state index contributed by atoms with van der Waals surface area (Å²) in [6, 6.07) is 0. The molecule has 0 aliphatic rings. The van der Waals surface area contributed by atoms with Crippen LogP contribution in [0.3, 0.4) is 0 Å². The van der Waals surface area contributed by atoms with Crippen molar-refractivity contribution in [3.05, 3.63) is 0 Å². The fraction of sp³-hybridized carbons (Fsp3) is 1.00. The molecule has 0 spiro atoms. The number of rotatable bonds is 11. The minimum absolute atomic E-state index is 0.249. The highest BCUT2D eigenvalue weighted by atomic mass is 16.5. The SMILES string of the molecule is COCCOCC(CN)COCCOC. The van der Waals surface area contributed by atoms with Crippen molar-refractivity contribution in [2.24, 2.45) is 11.7 Å². The second-order valence-electron chi connectivity index (χ2n) is 3.24. The second kappa shape index (κ2) is 11.9. The molecule has 2 N–H and O–H groups in total. The van der Waals surface area contributed by atoms with Crippen LogP contribution in [0.1, 0.15) is 0 Å². The van der Waals surface area contributed by atoms with E-state index in [2.05, 4.69) is 0 Å². The molecule has 5 nitrogen and oxygen atoms in total. The van der Waals surface area contributed by atoms with Gasteiger partial charge in [-0.15, -0.1) is 0 Å². The topological polar surface area (TPSA) is 62.9 Å². The van der Waals surface area contributed by atoms with Gasteiger partial charge in [-0.1, -0.05) is 0 Å². The van der Waals surface area contributed by atoms with Gasteiger partial charge in [-0.25, -0.2) is 0 Å². The third-order valence-electron chi connectivity index (χ3n) is 1.90. The maximum Gasteiger partial charge on any atom is 0.0700 e. The standard InChI is InChI=1S/C10H23NO4/c1-12-3-5-14-8-10(7-11)9-15-6-4-13-2/h10H,3-9,11H2,1-2H3. The molecular formula is C10H23NO4. The molecule has 5 heteroatoms. The van der Waals surface area contributed by atoms with Crippen molar-refractivity contribution in [1.82, 2.24) is 0 Å². The van der Waals surface area contributed by atoms with Gasteiger partial charge in [-0.2, -0.15) is 0 Å². The van der Waals surface area contributed by atoms with Crippen molar-refractivity contribution in [3.8, 4) is 0 Å². The summed E-state index contributed by atoms with van der Waals surface area (Å²) in [7, 11) is 3.30. The Labute approximate surface area is 91.8 Å². The third-order valence-corrected chi connectivity index (χ3v) is 1.90. The monoisotopic (exact) mass is 221 g/mol. The van der Waals surface area contributed by atoms with Crippen molar-refractivity contribution < 1.29 is 18.9 Å². The molecule has 0 fully saturated rings. The molecule has 0 aromatic heterocycles. The van der Waals surface area contributed by atoms with Gasteiger partial charge in [0.25, 0.3) is 0 Å². The molecule has 0 heterocycles. The largest absolute Gasteiger partial charge is 0.382 e. The lowest BCUT2D eigenvalue weighted by Crippen LogP contribution is -2.26. The van der Waals surface area contributed by atoms with Crippen molar-refractivity contribution in [2.45, 2.75) is 0 Å². The van der Waals surface area contributed by atoms with Crippen LogP contribution in [0.2, 0.25) is 0 Å². The molecule has 0 amide bonds. The summed E-state index contributed by atoms with van der Waals surface area (Å²) in [6.45, 7) is 4.24. The first-order valence-electron chi connectivity index (χ1n) is 5.18. The Morgan fingerprint density at radius 1 is 0.867 bits per heavy atom. The van der Waals surface area contributed by atoms with Crippen molar-refractivity contribution >= 4 is 0 Å². The Morgan fingerprint density at radius 3 is 1.67 bits per heavy atom. The molecule has 0 unspecified atom stereocenters. The van der Waals surface area contributed by atoms with E-state index in [0.29, 0.717) is 46.2 Å². The summed E-state index contributed by atoms with van der Waals surface area (Å²) in [6.07, 6.45) is 0. The van der Waals surface area contributed by atoms with E-state index in [1.165, 1.54) is 0 Å². The predicted molar refractivity (Wildman–Crippen MR) is 57.9 cm³/mol. The van der Waals surface area contributed by atoms with Gasteiger partial charge in [-0.05, 0) is 6.54 Å². The van der Waals surface area contributed by atoms with Crippen LogP contribution in [-0.4, -0.2) is 60.4 Å². The van der Waals surface area contributed by atoms with E-state index < -0.39 is 0 Å². The lowest BCUT2D eigenvalue weighted by atomic mass is 10.2.